The molecule has 1 aliphatic rings. The number of nitrogens with zero attached hydrogens (tertiary/aromatic N) is 2. The zero-order valence-electron chi connectivity index (χ0n) is 10.9. The Morgan fingerprint density at radius 2 is 1.94 bits per heavy atom. The van der Waals surface area contributed by atoms with Crippen LogP contribution in [0.3, 0.4) is 0 Å². The monoisotopic (exact) mass is 242 g/mol. The molecule has 0 spiro atoms. The largest absolute Gasteiger partial charge is 0.444 e. The summed E-state index contributed by atoms with van der Waals surface area (Å²) in [7, 11) is 0. The Morgan fingerprint density at radius 1 is 1.24 bits per heavy atom. The molecule has 0 bridgehead atoms. The second kappa shape index (κ2) is 6.00. The molecular formula is C12H22N2O3. The zero-order chi connectivity index (χ0) is 12.9. The smallest absolute Gasteiger partial charge is 0.410 e. The molecule has 1 heterocycles. The van der Waals surface area contributed by atoms with Gasteiger partial charge in [0, 0.05) is 26.2 Å². The van der Waals surface area contributed by atoms with Crippen LogP contribution in [0.25, 0.3) is 0 Å². The highest BCUT2D eigenvalue weighted by atomic mass is 16.6. The van der Waals surface area contributed by atoms with Crippen LogP contribution in [0.1, 0.15) is 27.2 Å². The van der Waals surface area contributed by atoms with Gasteiger partial charge < -0.3 is 14.4 Å². The molecule has 0 aromatic heterocycles. The Morgan fingerprint density at radius 3 is 2.53 bits per heavy atom. The quantitative estimate of drug-likeness (QED) is 0.681. The van der Waals surface area contributed by atoms with Crippen LogP contribution in [0.5, 0.6) is 0 Å². The number of rotatable bonds is 2. The first kappa shape index (κ1) is 14.0. The van der Waals surface area contributed by atoms with E-state index < -0.39 is 5.60 Å². The van der Waals surface area contributed by atoms with Crippen molar-refractivity contribution in [1.82, 2.24) is 9.80 Å². The van der Waals surface area contributed by atoms with Gasteiger partial charge in [0.2, 0.25) is 0 Å². The summed E-state index contributed by atoms with van der Waals surface area (Å²) in [6.07, 6.45) is 1.53. The van der Waals surface area contributed by atoms with E-state index in [1.54, 1.807) is 4.90 Å². The van der Waals surface area contributed by atoms with Crippen LogP contribution < -0.4 is 0 Å². The minimum absolute atomic E-state index is 0.259. The first-order valence-electron chi connectivity index (χ1n) is 6.06. The van der Waals surface area contributed by atoms with E-state index in [1.807, 2.05) is 20.8 Å². The third-order valence-electron chi connectivity index (χ3n) is 2.57. The minimum Gasteiger partial charge on any atom is -0.444 e. The van der Waals surface area contributed by atoms with Crippen molar-refractivity contribution >= 4 is 12.4 Å². The first-order chi connectivity index (χ1) is 7.92. The molecule has 17 heavy (non-hydrogen) atoms. The molecule has 0 aromatic rings. The maximum absolute atomic E-state index is 11.8. The number of aldehydes is 1. The van der Waals surface area contributed by atoms with E-state index in [4.69, 9.17) is 4.74 Å². The molecule has 1 amide bonds. The summed E-state index contributed by atoms with van der Waals surface area (Å²) in [5.74, 6) is 0. The molecular weight excluding hydrogens is 220 g/mol. The molecule has 0 saturated carbocycles. The predicted octanol–water partition coefficient (Wildman–Crippen LogP) is 1.13. The highest BCUT2D eigenvalue weighted by Gasteiger charge is 2.24. The number of ether oxygens (including phenoxy) is 1. The Labute approximate surface area is 103 Å². The van der Waals surface area contributed by atoms with Gasteiger partial charge in [-0.25, -0.2) is 4.79 Å². The highest BCUT2D eigenvalue weighted by molar-refractivity contribution is 5.68. The standard InChI is InChI=1S/C12H22N2O3/c1-12(2,3)17-11(16)14-6-4-5-13(7-8-14)9-10-15/h10H,4-9H2,1-3H3. The van der Waals surface area contributed by atoms with E-state index >= 15 is 0 Å². The van der Waals surface area contributed by atoms with Crippen molar-refractivity contribution in [3.63, 3.8) is 0 Å². The topological polar surface area (TPSA) is 49.9 Å². The molecule has 5 nitrogen and oxygen atoms in total. The van der Waals surface area contributed by atoms with Gasteiger partial charge >= 0.3 is 6.09 Å². The van der Waals surface area contributed by atoms with Crippen molar-refractivity contribution in [3.05, 3.63) is 0 Å². The van der Waals surface area contributed by atoms with Gasteiger partial charge in [-0.15, -0.1) is 0 Å². The lowest BCUT2D eigenvalue weighted by Gasteiger charge is -2.26. The Balaban J connectivity index is 2.45. The van der Waals surface area contributed by atoms with Crippen molar-refractivity contribution in [2.24, 2.45) is 0 Å². The van der Waals surface area contributed by atoms with Crippen molar-refractivity contribution < 1.29 is 14.3 Å². The fourth-order valence-corrected chi connectivity index (χ4v) is 1.77. The second-order valence-electron chi connectivity index (χ2n) is 5.29. The maximum Gasteiger partial charge on any atom is 0.410 e. The van der Waals surface area contributed by atoms with Crippen LogP contribution in [0.4, 0.5) is 4.79 Å². The van der Waals surface area contributed by atoms with Gasteiger partial charge in [0.05, 0.1) is 6.54 Å². The third-order valence-corrected chi connectivity index (χ3v) is 2.57. The van der Waals surface area contributed by atoms with Crippen LogP contribution >= 0.6 is 0 Å². The fourth-order valence-electron chi connectivity index (χ4n) is 1.77. The lowest BCUT2D eigenvalue weighted by Crippen LogP contribution is -2.39. The average molecular weight is 242 g/mol. The summed E-state index contributed by atoms with van der Waals surface area (Å²) >= 11 is 0. The second-order valence-corrected chi connectivity index (χ2v) is 5.29. The third kappa shape index (κ3) is 5.17. The molecule has 0 atom stereocenters. The summed E-state index contributed by atoms with van der Waals surface area (Å²) in [4.78, 5) is 26.1. The normalized spacial score (nSPS) is 18.6. The molecule has 0 radical (unpaired) electrons. The van der Waals surface area contributed by atoms with E-state index in [1.165, 1.54) is 0 Å². The highest BCUT2D eigenvalue weighted by Crippen LogP contribution is 2.11. The Bertz CT molecular complexity index is 273. The van der Waals surface area contributed by atoms with Crippen molar-refractivity contribution in [2.45, 2.75) is 32.8 Å². The van der Waals surface area contributed by atoms with Gasteiger partial charge in [0.25, 0.3) is 0 Å². The summed E-state index contributed by atoms with van der Waals surface area (Å²) in [6.45, 7) is 8.95. The summed E-state index contributed by atoms with van der Waals surface area (Å²) in [5, 5.41) is 0. The SMILES string of the molecule is CC(C)(C)OC(=O)N1CCCN(CC=O)CC1. The van der Waals surface area contributed by atoms with Crippen LogP contribution in [0.2, 0.25) is 0 Å². The van der Waals surface area contributed by atoms with Crippen molar-refractivity contribution in [2.75, 3.05) is 32.7 Å². The molecule has 1 saturated heterocycles. The summed E-state index contributed by atoms with van der Waals surface area (Å²) < 4.78 is 5.33. The fraction of sp³-hybridized carbons (Fsp3) is 0.833. The first-order valence-corrected chi connectivity index (χ1v) is 6.06. The van der Waals surface area contributed by atoms with Gasteiger partial charge in [-0.05, 0) is 27.2 Å². The van der Waals surface area contributed by atoms with Crippen LogP contribution in [-0.2, 0) is 9.53 Å². The lowest BCUT2D eigenvalue weighted by atomic mass is 10.2. The zero-order valence-corrected chi connectivity index (χ0v) is 10.9. The molecule has 5 heteroatoms. The van der Waals surface area contributed by atoms with E-state index in [-0.39, 0.29) is 6.09 Å². The molecule has 0 unspecified atom stereocenters. The number of hydrogen-bond donors (Lipinski definition) is 0. The van der Waals surface area contributed by atoms with Gasteiger partial charge in [0.1, 0.15) is 11.9 Å². The lowest BCUT2D eigenvalue weighted by molar-refractivity contribution is -0.108. The molecule has 98 valence electrons. The summed E-state index contributed by atoms with van der Waals surface area (Å²) in [5.41, 5.74) is -0.453. The van der Waals surface area contributed by atoms with Crippen molar-refractivity contribution in [3.8, 4) is 0 Å². The number of amides is 1. The van der Waals surface area contributed by atoms with Crippen molar-refractivity contribution in [1.29, 1.82) is 0 Å². The van der Waals surface area contributed by atoms with E-state index in [2.05, 4.69) is 4.90 Å². The number of hydrogen-bond acceptors (Lipinski definition) is 4. The van der Waals surface area contributed by atoms with E-state index in [9.17, 15) is 9.59 Å². The van der Waals surface area contributed by atoms with Crippen LogP contribution in [0, 0.1) is 0 Å². The minimum atomic E-state index is -0.453. The molecule has 0 aromatic carbocycles. The van der Waals surface area contributed by atoms with Gasteiger partial charge in [-0.3, -0.25) is 4.90 Å². The number of carbonyl (C=O) groups excluding carboxylic acids is 2. The van der Waals surface area contributed by atoms with Gasteiger partial charge in [-0.2, -0.15) is 0 Å². The average Bonchev–Trinajstić information content (AvgIpc) is 2.41. The molecule has 0 aliphatic carbocycles. The molecule has 1 fully saturated rings. The van der Waals surface area contributed by atoms with E-state index in [0.29, 0.717) is 19.6 Å². The maximum atomic E-state index is 11.8. The predicted molar refractivity (Wildman–Crippen MR) is 64.9 cm³/mol. The molecule has 1 rings (SSSR count). The van der Waals surface area contributed by atoms with Crippen LogP contribution in [-0.4, -0.2) is 60.5 Å². The summed E-state index contributed by atoms with van der Waals surface area (Å²) in [6, 6.07) is 0. The van der Waals surface area contributed by atoms with Gasteiger partial charge in [0.15, 0.2) is 0 Å². The molecule has 1 aliphatic heterocycles. The van der Waals surface area contributed by atoms with Gasteiger partial charge in [-0.1, -0.05) is 0 Å². The number of carbonyl (C=O) groups is 2. The van der Waals surface area contributed by atoms with Crippen LogP contribution in [0.15, 0.2) is 0 Å². The Hall–Kier alpha value is -1.10. The van der Waals surface area contributed by atoms with E-state index in [0.717, 1.165) is 25.8 Å². The molecule has 0 N–H and O–H groups in total. The Kier molecular flexibility index (Phi) is 4.93.